The molecule has 0 bridgehead atoms. The maximum Gasteiger partial charge on any atom is 0.0989 e. The van der Waals surface area contributed by atoms with Crippen LogP contribution in [0.2, 0.25) is 0 Å². The smallest absolute Gasteiger partial charge is 0.0989 e. The normalized spacial score (nSPS) is 14.6. The molecule has 0 spiro atoms. The summed E-state index contributed by atoms with van der Waals surface area (Å²) in [5.41, 5.74) is 9.03. The van der Waals surface area contributed by atoms with Gasteiger partial charge in [0.15, 0.2) is 0 Å². The lowest BCUT2D eigenvalue weighted by atomic mass is 9.85. The van der Waals surface area contributed by atoms with Crippen LogP contribution in [-0.4, -0.2) is 6.67 Å². The van der Waals surface area contributed by atoms with Gasteiger partial charge in [-0.25, -0.2) is 0 Å². The predicted octanol–water partition coefficient (Wildman–Crippen LogP) is 10.7. The lowest BCUT2D eigenvalue weighted by molar-refractivity contribution is 0.621. The van der Waals surface area contributed by atoms with Crippen molar-refractivity contribution in [3.63, 3.8) is 0 Å². The highest BCUT2D eigenvalue weighted by molar-refractivity contribution is 5.71. The van der Waals surface area contributed by atoms with Gasteiger partial charge in [0.2, 0.25) is 0 Å². The second-order valence-corrected chi connectivity index (χ2v) is 10.8. The second-order valence-electron chi connectivity index (χ2n) is 10.8. The van der Waals surface area contributed by atoms with Crippen LogP contribution in [0, 0.1) is 0 Å². The first-order valence-electron chi connectivity index (χ1n) is 15.0. The molecule has 0 saturated heterocycles. The Hall–Kier alpha value is -2.22. The van der Waals surface area contributed by atoms with E-state index in [0.29, 0.717) is 23.7 Å². The summed E-state index contributed by atoms with van der Waals surface area (Å²) < 4.78 is 0. The first-order chi connectivity index (χ1) is 17.5. The molecule has 0 fully saturated rings. The van der Waals surface area contributed by atoms with E-state index in [4.69, 9.17) is 0 Å². The molecule has 36 heavy (non-hydrogen) atoms. The summed E-state index contributed by atoms with van der Waals surface area (Å²) in [4.78, 5) is 5.11. The van der Waals surface area contributed by atoms with Crippen LogP contribution in [0.25, 0.3) is 0 Å². The third-order valence-electron chi connectivity index (χ3n) is 8.92. The molecule has 0 radical (unpaired) electrons. The number of hydrogen-bond acceptors (Lipinski definition) is 2. The van der Waals surface area contributed by atoms with Gasteiger partial charge in [-0.05, 0) is 90.9 Å². The highest BCUT2D eigenvalue weighted by Gasteiger charge is 2.28. The van der Waals surface area contributed by atoms with Gasteiger partial charge in [0.1, 0.15) is 0 Å². The number of para-hydroxylation sites is 2. The van der Waals surface area contributed by atoms with Crippen molar-refractivity contribution in [3.8, 4) is 0 Å². The average molecular weight is 489 g/mol. The van der Waals surface area contributed by atoms with Crippen molar-refractivity contribution in [2.45, 2.75) is 124 Å². The van der Waals surface area contributed by atoms with Crippen LogP contribution < -0.4 is 9.80 Å². The van der Waals surface area contributed by atoms with Crippen LogP contribution in [0.3, 0.4) is 0 Å². The van der Waals surface area contributed by atoms with Gasteiger partial charge >= 0.3 is 0 Å². The monoisotopic (exact) mass is 488 g/mol. The summed E-state index contributed by atoms with van der Waals surface area (Å²) in [7, 11) is 0. The minimum atomic E-state index is 0.550. The van der Waals surface area contributed by atoms with Crippen molar-refractivity contribution in [2.75, 3.05) is 16.5 Å². The lowest BCUT2D eigenvalue weighted by Crippen LogP contribution is -2.29. The summed E-state index contributed by atoms with van der Waals surface area (Å²) in [6, 6.07) is 14.2. The van der Waals surface area contributed by atoms with Crippen LogP contribution >= 0.6 is 0 Å². The van der Waals surface area contributed by atoms with Crippen LogP contribution in [-0.2, 0) is 0 Å². The molecule has 0 N–H and O–H groups in total. The molecule has 1 aliphatic heterocycles. The molecular weight excluding hydrogens is 436 g/mol. The Balaban J connectivity index is 2.12. The van der Waals surface area contributed by atoms with Crippen LogP contribution in [0.5, 0.6) is 0 Å². The Morgan fingerprint density at radius 2 is 0.861 bits per heavy atom. The fraction of sp³-hybridized carbons (Fsp3) is 0.588. The van der Waals surface area contributed by atoms with Gasteiger partial charge in [0.05, 0.1) is 6.67 Å². The number of nitrogens with zero attached hydrogens (tertiary/aromatic N) is 2. The maximum atomic E-state index is 2.56. The Morgan fingerprint density at radius 3 is 1.19 bits per heavy atom. The zero-order valence-corrected chi connectivity index (χ0v) is 24.5. The molecule has 2 nitrogen and oxygen atoms in total. The van der Waals surface area contributed by atoms with E-state index in [-0.39, 0.29) is 0 Å². The van der Waals surface area contributed by atoms with Gasteiger partial charge in [0, 0.05) is 23.8 Å². The van der Waals surface area contributed by atoms with Gasteiger partial charge in [-0.1, -0.05) is 91.8 Å². The van der Waals surface area contributed by atoms with E-state index in [9.17, 15) is 0 Å². The van der Waals surface area contributed by atoms with Crippen molar-refractivity contribution in [2.24, 2.45) is 0 Å². The Bertz CT molecular complexity index is 948. The van der Waals surface area contributed by atoms with E-state index in [2.05, 4.69) is 114 Å². The Morgan fingerprint density at radius 1 is 0.528 bits per heavy atom. The van der Waals surface area contributed by atoms with Crippen LogP contribution in [0.15, 0.2) is 48.8 Å². The molecule has 1 unspecified atom stereocenters. The number of anilines is 2. The summed E-state index contributed by atoms with van der Waals surface area (Å²) in [5.74, 6) is 2.35. The summed E-state index contributed by atoms with van der Waals surface area (Å²) in [6.45, 7) is 19.7. The van der Waals surface area contributed by atoms with Crippen molar-refractivity contribution < 1.29 is 0 Å². The highest BCUT2D eigenvalue weighted by Crippen LogP contribution is 2.44. The molecule has 0 aromatic heterocycles. The van der Waals surface area contributed by atoms with Crippen LogP contribution in [0.4, 0.5) is 11.4 Å². The summed E-state index contributed by atoms with van der Waals surface area (Å²) in [5, 5.41) is 0. The minimum Gasteiger partial charge on any atom is -0.327 e. The van der Waals surface area contributed by atoms with E-state index < -0.39 is 0 Å². The van der Waals surface area contributed by atoms with Crippen molar-refractivity contribution in [1.82, 2.24) is 0 Å². The SMILES string of the molecule is CCC(C)c1cccc(C(CC)CC)c1N1C=CN(c2c(C(CC)CC)cccc2C(CC)CC)C1. The molecule has 0 aliphatic carbocycles. The van der Waals surface area contributed by atoms with Gasteiger partial charge in [-0.15, -0.1) is 0 Å². The average Bonchev–Trinajstić information content (AvgIpc) is 3.40. The zero-order chi connectivity index (χ0) is 26.2. The van der Waals surface area contributed by atoms with E-state index >= 15 is 0 Å². The van der Waals surface area contributed by atoms with Crippen molar-refractivity contribution in [3.05, 3.63) is 71.1 Å². The van der Waals surface area contributed by atoms with Crippen molar-refractivity contribution in [1.29, 1.82) is 0 Å². The standard InChI is InChI=1S/C34H52N2/c1-9-25(8)29-18-16-19-30(26(10-2)11-3)33(29)35-22-23-36(24-35)34-31(27(12-4)13-5)20-17-21-32(34)28(14-6)15-7/h16-23,25-28H,9-15,24H2,1-8H3. The third-order valence-corrected chi connectivity index (χ3v) is 8.92. The van der Waals surface area contributed by atoms with Crippen molar-refractivity contribution >= 4 is 11.4 Å². The molecular formula is C34H52N2. The fourth-order valence-corrected chi connectivity index (χ4v) is 6.32. The number of hydrogen-bond donors (Lipinski definition) is 0. The highest BCUT2D eigenvalue weighted by atomic mass is 15.3. The molecule has 2 heteroatoms. The van der Waals surface area contributed by atoms with Gasteiger partial charge < -0.3 is 9.80 Å². The van der Waals surface area contributed by atoms with E-state index in [1.807, 2.05) is 0 Å². The molecule has 0 saturated carbocycles. The van der Waals surface area contributed by atoms with E-state index in [1.54, 1.807) is 0 Å². The van der Waals surface area contributed by atoms with Gasteiger partial charge in [-0.3, -0.25) is 0 Å². The Kier molecular flexibility index (Phi) is 10.5. The fourth-order valence-electron chi connectivity index (χ4n) is 6.32. The molecule has 0 amide bonds. The van der Waals surface area contributed by atoms with E-state index in [0.717, 1.165) is 13.1 Å². The number of rotatable bonds is 13. The van der Waals surface area contributed by atoms with E-state index in [1.165, 1.54) is 72.2 Å². The topological polar surface area (TPSA) is 6.48 Å². The summed E-state index contributed by atoms with van der Waals surface area (Å²) >= 11 is 0. The maximum absolute atomic E-state index is 2.56. The zero-order valence-electron chi connectivity index (χ0n) is 24.5. The third kappa shape index (κ3) is 5.68. The molecule has 2 aromatic rings. The molecule has 1 aliphatic rings. The molecule has 2 aromatic carbocycles. The molecule has 198 valence electrons. The quantitative estimate of drug-likeness (QED) is 0.276. The number of benzene rings is 2. The lowest BCUT2D eigenvalue weighted by Gasteiger charge is -2.33. The molecule has 1 atom stereocenters. The molecule has 1 heterocycles. The first-order valence-corrected chi connectivity index (χ1v) is 15.0. The summed E-state index contributed by atoms with van der Waals surface area (Å²) in [6.07, 6.45) is 13.0. The first kappa shape index (κ1) is 28.4. The van der Waals surface area contributed by atoms with Gasteiger partial charge in [-0.2, -0.15) is 0 Å². The second kappa shape index (κ2) is 13.4. The Labute approximate surface area is 222 Å². The van der Waals surface area contributed by atoms with Gasteiger partial charge in [0.25, 0.3) is 0 Å². The van der Waals surface area contributed by atoms with Crippen LogP contribution in [0.1, 0.15) is 146 Å². The largest absolute Gasteiger partial charge is 0.327 e. The predicted molar refractivity (Wildman–Crippen MR) is 161 cm³/mol. The molecule has 3 rings (SSSR count). The minimum absolute atomic E-state index is 0.550.